The Bertz CT molecular complexity index is 460. The van der Waals surface area contributed by atoms with Crippen LogP contribution in [0.25, 0.3) is 11.3 Å². The van der Waals surface area contributed by atoms with E-state index in [1.54, 1.807) is 7.11 Å². The second-order valence-electron chi connectivity index (χ2n) is 3.19. The van der Waals surface area contributed by atoms with Gasteiger partial charge in [0.2, 0.25) is 0 Å². The van der Waals surface area contributed by atoms with Gasteiger partial charge in [0.05, 0.1) is 7.11 Å². The zero-order valence-corrected chi connectivity index (χ0v) is 8.65. The van der Waals surface area contributed by atoms with E-state index in [1.165, 1.54) is 0 Å². The molecule has 0 bridgehead atoms. The van der Waals surface area contributed by atoms with Crippen LogP contribution in [0.4, 0.5) is 6.01 Å². The highest BCUT2D eigenvalue weighted by Crippen LogP contribution is 2.25. The van der Waals surface area contributed by atoms with Crippen molar-refractivity contribution in [2.45, 2.75) is 6.92 Å². The number of nitrogens with zero attached hydrogens (tertiary/aromatic N) is 1. The number of nitrogens with two attached hydrogens (primary N) is 1. The minimum atomic E-state index is 0.193. The maximum Gasteiger partial charge on any atom is 0.292 e. The molecule has 0 fully saturated rings. The molecule has 1 heterocycles. The summed E-state index contributed by atoms with van der Waals surface area (Å²) in [6, 6.07) is 7.78. The van der Waals surface area contributed by atoms with Crippen LogP contribution >= 0.6 is 0 Å². The van der Waals surface area contributed by atoms with Gasteiger partial charge in [0.1, 0.15) is 17.2 Å². The molecule has 15 heavy (non-hydrogen) atoms. The number of aryl methyl sites for hydroxylation is 1. The van der Waals surface area contributed by atoms with Crippen LogP contribution in [0.3, 0.4) is 0 Å². The van der Waals surface area contributed by atoms with Crippen molar-refractivity contribution in [3.8, 4) is 17.0 Å². The van der Waals surface area contributed by atoms with Gasteiger partial charge in [0.25, 0.3) is 6.01 Å². The van der Waals surface area contributed by atoms with Crippen molar-refractivity contribution < 1.29 is 9.15 Å². The van der Waals surface area contributed by atoms with Gasteiger partial charge < -0.3 is 14.9 Å². The quantitative estimate of drug-likeness (QED) is 0.814. The highest BCUT2D eigenvalue weighted by molar-refractivity contribution is 5.63. The molecule has 78 valence electrons. The van der Waals surface area contributed by atoms with Crippen LogP contribution in [0.2, 0.25) is 0 Å². The molecule has 2 rings (SSSR count). The number of rotatable bonds is 2. The largest absolute Gasteiger partial charge is 0.497 e. The summed E-state index contributed by atoms with van der Waals surface area (Å²) in [5.41, 5.74) is 7.21. The van der Waals surface area contributed by atoms with Crippen molar-refractivity contribution >= 4 is 6.01 Å². The number of anilines is 1. The van der Waals surface area contributed by atoms with E-state index in [0.717, 1.165) is 22.8 Å². The zero-order chi connectivity index (χ0) is 10.8. The fourth-order valence-corrected chi connectivity index (χ4v) is 1.43. The van der Waals surface area contributed by atoms with Crippen molar-refractivity contribution in [1.82, 2.24) is 4.98 Å². The first-order valence-electron chi connectivity index (χ1n) is 4.58. The first kappa shape index (κ1) is 9.58. The predicted molar refractivity (Wildman–Crippen MR) is 57.6 cm³/mol. The number of methoxy groups -OCH3 is 1. The van der Waals surface area contributed by atoms with E-state index in [1.807, 2.05) is 31.2 Å². The Balaban J connectivity index is 2.41. The second-order valence-corrected chi connectivity index (χ2v) is 3.19. The summed E-state index contributed by atoms with van der Waals surface area (Å²) in [5, 5.41) is 0. The molecule has 0 aliphatic carbocycles. The molecule has 1 aromatic heterocycles. The van der Waals surface area contributed by atoms with Crippen molar-refractivity contribution in [2.75, 3.05) is 12.8 Å². The Morgan fingerprint density at radius 3 is 2.40 bits per heavy atom. The average molecular weight is 204 g/mol. The molecular formula is C11H12N2O2. The molecule has 2 N–H and O–H groups in total. The fourth-order valence-electron chi connectivity index (χ4n) is 1.43. The molecule has 0 saturated heterocycles. The number of hydrogen-bond acceptors (Lipinski definition) is 4. The lowest BCUT2D eigenvalue weighted by Crippen LogP contribution is -1.85. The summed E-state index contributed by atoms with van der Waals surface area (Å²) in [7, 11) is 1.63. The summed E-state index contributed by atoms with van der Waals surface area (Å²) >= 11 is 0. The predicted octanol–water partition coefficient (Wildman–Crippen LogP) is 2.24. The van der Waals surface area contributed by atoms with E-state index in [4.69, 9.17) is 14.9 Å². The molecule has 2 aromatic rings. The van der Waals surface area contributed by atoms with Gasteiger partial charge in [-0.2, -0.15) is 4.98 Å². The van der Waals surface area contributed by atoms with E-state index in [2.05, 4.69) is 4.98 Å². The van der Waals surface area contributed by atoms with Crippen LogP contribution in [0, 0.1) is 6.92 Å². The zero-order valence-electron chi connectivity index (χ0n) is 8.65. The van der Waals surface area contributed by atoms with E-state index in [0.29, 0.717) is 0 Å². The Morgan fingerprint density at radius 1 is 1.27 bits per heavy atom. The van der Waals surface area contributed by atoms with Gasteiger partial charge >= 0.3 is 0 Å². The lowest BCUT2D eigenvalue weighted by Gasteiger charge is -2.00. The monoisotopic (exact) mass is 204 g/mol. The van der Waals surface area contributed by atoms with Gasteiger partial charge in [0.15, 0.2) is 0 Å². The molecule has 0 radical (unpaired) electrons. The fraction of sp³-hybridized carbons (Fsp3) is 0.182. The van der Waals surface area contributed by atoms with Gasteiger partial charge in [-0.1, -0.05) is 0 Å². The minimum absolute atomic E-state index is 0.193. The molecule has 0 aliphatic rings. The third-order valence-electron chi connectivity index (χ3n) is 2.18. The van der Waals surface area contributed by atoms with Crippen LogP contribution < -0.4 is 10.5 Å². The lowest BCUT2D eigenvalue weighted by molar-refractivity contribution is 0.415. The third-order valence-corrected chi connectivity index (χ3v) is 2.18. The van der Waals surface area contributed by atoms with Gasteiger partial charge in [-0.25, -0.2) is 0 Å². The lowest BCUT2D eigenvalue weighted by atomic mass is 10.1. The van der Waals surface area contributed by atoms with Crippen LogP contribution in [-0.2, 0) is 0 Å². The highest BCUT2D eigenvalue weighted by atomic mass is 16.5. The Labute approximate surface area is 87.7 Å². The maximum absolute atomic E-state index is 5.47. The third kappa shape index (κ3) is 1.79. The van der Waals surface area contributed by atoms with Gasteiger partial charge in [-0.3, -0.25) is 0 Å². The van der Waals surface area contributed by atoms with Gasteiger partial charge in [-0.05, 0) is 31.2 Å². The first-order valence-corrected chi connectivity index (χ1v) is 4.58. The number of oxazole rings is 1. The van der Waals surface area contributed by atoms with Crippen LogP contribution in [0.5, 0.6) is 5.75 Å². The average Bonchev–Trinajstić information content (AvgIpc) is 2.58. The number of hydrogen-bond donors (Lipinski definition) is 1. The summed E-state index contributed by atoms with van der Waals surface area (Å²) in [4.78, 5) is 4.11. The molecule has 0 amide bonds. The highest BCUT2D eigenvalue weighted by Gasteiger charge is 2.09. The molecule has 4 heteroatoms. The van der Waals surface area contributed by atoms with Gasteiger partial charge in [-0.15, -0.1) is 0 Å². The smallest absolute Gasteiger partial charge is 0.292 e. The Morgan fingerprint density at radius 2 is 1.93 bits per heavy atom. The minimum Gasteiger partial charge on any atom is -0.497 e. The van der Waals surface area contributed by atoms with Crippen molar-refractivity contribution in [2.24, 2.45) is 0 Å². The van der Waals surface area contributed by atoms with Crippen molar-refractivity contribution in [3.05, 3.63) is 30.0 Å². The molecule has 0 aliphatic heterocycles. The molecule has 4 nitrogen and oxygen atoms in total. The number of ether oxygens (including phenoxy) is 1. The summed E-state index contributed by atoms with van der Waals surface area (Å²) < 4.78 is 10.2. The Kier molecular flexibility index (Phi) is 2.33. The van der Waals surface area contributed by atoms with Crippen LogP contribution in [0.1, 0.15) is 5.76 Å². The number of benzene rings is 1. The summed E-state index contributed by atoms with van der Waals surface area (Å²) in [6.45, 7) is 1.84. The van der Waals surface area contributed by atoms with E-state index >= 15 is 0 Å². The standard InChI is InChI=1S/C11H12N2O2/c1-7-10(13-11(12)15-7)8-3-5-9(14-2)6-4-8/h3-6H,1-2H3,(H2,12,13). The molecule has 0 atom stereocenters. The molecular weight excluding hydrogens is 192 g/mol. The first-order chi connectivity index (χ1) is 7.20. The van der Waals surface area contributed by atoms with E-state index < -0.39 is 0 Å². The molecule has 0 unspecified atom stereocenters. The van der Waals surface area contributed by atoms with Gasteiger partial charge in [0, 0.05) is 5.56 Å². The summed E-state index contributed by atoms with van der Waals surface area (Å²) in [5.74, 6) is 1.53. The SMILES string of the molecule is COc1ccc(-c2nc(N)oc2C)cc1. The number of aromatic nitrogens is 1. The van der Waals surface area contributed by atoms with Crippen molar-refractivity contribution in [1.29, 1.82) is 0 Å². The molecule has 0 saturated carbocycles. The van der Waals surface area contributed by atoms with Crippen molar-refractivity contribution in [3.63, 3.8) is 0 Å². The number of nitrogen functional groups attached to an aromatic ring is 1. The second kappa shape index (κ2) is 3.65. The molecule has 1 aromatic carbocycles. The van der Waals surface area contributed by atoms with Crippen LogP contribution in [-0.4, -0.2) is 12.1 Å². The molecule has 0 spiro atoms. The summed E-state index contributed by atoms with van der Waals surface area (Å²) in [6.07, 6.45) is 0. The Hall–Kier alpha value is -1.97. The van der Waals surface area contributed by atoms with E-state index in [9.17, 15) is 0 Å². The van der Waals surface area contributed by atoms with Crippen LogP contribution in [0.15, 0.2) is 28.7 Å². The maximum atomic E-state index is 5.47. The normalized spacial score (nSPS) is 10.3. The topological polar surface area (TPSA) is 61.3 Å². The van der Waals surface area contributed by atoms with E-state index in [-0.39, 0.29) is 6.01 Å².